The normalized spacial score (nSPS) is 25.8. The van der Waals surface area contributed by atoms with E-state index in [0.717, 1.165) is 43.9 Å². The Morgan fingerprint density at radius 1 is 1.34 bits per heavy atom. The molecule has 1 unspecified atom stereocenters. The molecule has 4 atom stereocenters. The van der Waals surface area contributed by atoms with Crippen LogP contribution in [-0.2, 0) is 21.8 Å². The summed E-state index contributed by atoms with van der Waals surface area (Å²) in [7, 11) is 1.65. The summed E-state index contributed by atoms with van der Waals surface area (Å²) >= 11 is 1.78. The van der Waals surface area contributed by atoms with Crippen molar-refractivity contribution in [3.05, 3.63) is 42.2 Å². The number of ether oxygens (including phenoxy) is 1. The molecule has 3 fully saturated rings. The zero-order chi connectivity index (χ0) is 20.1. The highest BCUT2D eigenvalue weighted by Gasteiger charge is 2.43. The molecule has 4 heterocycles. The molecule has 2 aromatic rings. The van der Waals surface area contributed by atoms with E-state index < -0.39 is 0 Å². The van der Waals surface area contributed by atoms with Gasteiger partial charge in [-0.25, -0.2) is 0 Å². The first kappa shape index (κ1) is 20.4. The minimum Gasteiger partial charge on any atom is -0.383 e. The molecule has 0 radical (unpaired) electrons. The Morgan fingerprint density at radius 2 is 2.21 bits per heavy atom. The maximum atomic E-state index is 12.5. The van der Waals surface area contributed by atoms with Crippen molar-refractivity contribution in [3.8, 4) is 0 Å². The Kier molecular flexibility index (Phi) is 6.84. The standard InChI is InChI=1S/C21H29N5O2S/c1-28-10-8-22-21(27)20-14-25-9-7-16(20)11-18(25)13-26-12-17(23-24-26)15-29-19-5-3-2-4-6-19/h2-6,12,16,18,20H,7-11,13-15H2,1H3,(H,22,27)/t16-,18-,20+/m1/s1. The molecular weight excluding hydrogens is 386 g/mol. The molecule has 156 valence electrons. The van der Waals surface area contributed by atoms with Crippen LogP contribution in [0.3, 0.4) is 0 Å². The van der Waals surface area contributed by atoms with Gasteiger partial charge in [-0.05, 0) is 37.4 Å². The van der Waals surface area contributed by atoms with Crippen LogP contribution in [0.25, 0.3) is 0 Å². The van der Waals surface area contributed by atoms with Crippen molar-refractivity contribution in [2.75, 3.05) is 33.4 Å². The van der Waals surface area contributed by atoms with Crippen LogP contribution >= 0.6 is 11.8 Å². The number of nitrogens with zero attached hydrogens (tertiary/aromatic N) is 4. The van der Waals surface area contributed by atoms with Crippen LogP contribution in [0, 0.1) is 11.8 Å². The van der Waals surface area contributed by atoms with Gasteiger partial charge in [-0.15, -0.1) is 16.9 Å². The fourth-order valence-corrected chi connectivity index (χ4v) is 5.21. The highest BCUT2D eigenvalue weighted by molar-refractivity contribution is 7.98. The second-order valence-electron chi connectivity index (χ2n) is 7.86. The minimum atomic E-state index is 0.102. The van der Waals surface area contributed by atoms with Gasteiger partial charge in [-0.2, -0.15) is 0 Å². The number of thioether (sulfide) groups is 1. The van der Waals surface area contributed by atoms with Crippen molar-refractivity contribution in [2.45, 2.75) is 36.1 Å². The molecule has 1 amide bonds. The van der Waals surface area contributed by atoms with Crippen LogP contribution in [0.1, 0.15) is 18.5 Å². The van der Waals surface area contributed by atoms with Crippen molar-refractivity contribution in [1.82, 2.24) is 25.2 Å². The van der Waals surface area contributed by atoms with Crippen molar-refractivity contribution >= 4 is 17.7 Å². The molecule has 1 aromatic heterocycles. The van der Waals surface area contributed by atoms with Crippen LogP contribution in [0.5, 0.6) is 0 Å². The van der Waals surface area contributed by atoms with Crippen molar-refractivity contribution < 1.29 is 9.53 Å². The molecule has 1 aromatic carbocycles. The lowest BCUT2D eigenvalue weighted by Gasteiger charge is -2.49. The molecular formula is C21H29N5O2S. The van der Waals surface area contributed by atoms with Crippen molar-refractivity contribution in [1.29, 1.82) is 0 Å². The van der Waals surface area contributed by atoms with E-state index in [-0.39, 0.29) is 11.8 Å². The topological polar surface area (TPSA) is 72.3 Å². The summed E-state index contributed by atoms with van der Waals surface area (Å²) in [6.07, 6.45) is 4.22. The van der Waals surface area contributed by atoms with Gasteiger partial charge in [0.15, 0.2) is 0 Å². The molecule has 0 spiro atoms. The number of hydrogen-bond acceptors (Lipinski definition) is 6. The smallest absolute Gasteiger partial charge is 0.224 e. The highest BCUT2D eigenvalue weighted by atomic mass is 32.2. The molecule has 3 aliphatic heterocycles. The lowest BCUT2D eigenvalue weighted by molar-refractivity contribution is -0.133. The number of nitrogens with one attached hydrogen (secondary N) is 1. The maximum Gasteiger partial charge on any atom is 0.224 e. The largest absolute Gasteiger partial charge is 0.383 e. The van der Waals surface area contributed by atoms with Crippen molar-refractivity contribution in [2.24, 2.45) is 11.8 Å². The quantitative estimate of drug-likeness (QED) is 0.499. The van der Waals surface area contributed by atoms with Gasteiger partial charge < -0.3 is 10.1 Å². The predicted octanol–water partition coefficient (Wildman–Crippen LogP) is 2.04. The third-order valence-electron chi connectivity index (χ3n) is 5.93. The summed E-state index contributed by atoms with van der Waals surface area (Å²) in [5.74, 6) is 1.57. The maximum absolute atomic E-state index is 12.5. The van der Waals surface area contributed by atoms with E-state index in [1.54, 1.807) is 18.9 Å². The van der Waals surface area contributed by atoms with E-state index in [1.807, 2.05) is 10.7 Å². The number of aromatic nitrogens is 3. The molecule has 1 N–H and O–H groups in total. The monoisotopic (exact) mass is 415 g/mol. The van der Waals surface area contributed by atoms with Crippen LogP contribution in [-0.4, -0.2) is 65.2 Å². The Balaban J connectivity index is 1.28. The molecule has 3 aliphatic rings. The third-order valence-corrected chi connectivity index (χ3v) is 6.98. The van der Waals surface area contributed by atoms with Crippen LogP contribution in [0.2, 0.25) is 0 Å². The molecule has 2 bridgehead atoms. The molecule has 8 heteroatoms. The van der Waals surface area contributed by atoms with E-state index in [4.69, 9.17) is 4.74 Å². The number of carbonyl (C=O) groups excluding carboxylic acids is 1. The fourth-order valence-electron chi connectivity index (χ4n) is 4.42. The zero-order valence-electron chi connectivity index (χ0n) is 16.9. The molecule has 29 heavy (non-hydrogen) atoms. The number of carbonyl (C=O) groups is 1. The van der Waals surface area contributed by atoms with Gasteiger partial charge >= 0.3 is 0 Å². The molecule has 5 rings (SSSR count). The molecule has 7 nitrogen and oxygen atoms in total. The van der Waals surface area contributed by atoms with Gasteiger partial charge in [0.05, 0.1) is 24.8 Å². The average molecular weight is 416 g/mol. The average Bonchev–Trinajstić information content (AvgIpc) is 3.21. The number of piperidine rings is 3. The molecule has 3 saturated heterocycles. The Labute approximate surface area is 176 Å². The van der Waals surface area contributed by atoms with Gasteiger partial charge in [0.1, 0.15) is 0 Å². The van der Waals surface area contributed by atoms with Gasteiger partial charge in [0.2, 0.25) is 5.91 Å². The molecule has 0 aliphatic carbocycles. The number of rotatable bonds is 9. The van der Waals surface area contributed by atoms with Gasteiger partial charge in [-0.3, -0.25) is 14.4 Å². The van der Waals surface area contributed by atoms with Crippen molar-refractivity contribution in [3.63, 3.8) is 0 Å². The number of methoxy groups -OCH3 is 1. The molecule has 0 saturated carbocycles. The van der Waals surface area contributed by atoms with E-state index in [9.17, 15) is 4.79 Å². The zero-order valence-corrected chi connectivity index (χ0v) is 17.7. The summed E-state index contributed by atoms with van der Waals surface area (Å²) in [4.78, 5) is 16.2. The Bertz CT molecular complexity index is 799. The number of amides is 1. The minimum absolute atomic E-state index is 0.102. The summed E-state index contributed by atoms with van der Waals surface area (Å²) in [5.41, 5.74) is 1.00. The van der Waals surface area contributed by atoms with Gasteiger partial charge in [0, 0.05) is 43.1 Å². The second kappa shape index (κ2) is 9.73. The van der Waals surface area contributed by atoms with Crippen LogP contribution < -0.4 is 5.32 Å². The van der Waals surface area contributed by atoms with Crippen LogP contribution in [0.15, 0.2) is 41.4 Å². The lowest BCUT2D eigenvalue weighted by Crippen LogP contribution is -2.58. The SMILES string of the molecule is COCCNC(=O)[C@H]1CN2CC[C@@H]1C[C@@H]2Cn1cc(CSc2ccccc2)nn1. The lowest BCUT2D eigenvalue weighted by atomic mass is 9.75. The number of benzene rings is 1. The first-order chi connectivity index (χ1) is 14.2. The van der Waals surface area contributed by atoms with Gasteiger partial charge in [-0.1, -0.05) is 23.4 Å². The first-order valence-electron chi connectivity index (χ1n) is 10.3. The first-order valence-corrected chi connectivity index (χ1v) is 11.3. The summed E-state index contributed by atoms with van der Waals surface area (Å²) in [6, 6.07) is 10.8. The summed E-state index contributed by atoms with van der Waals surface area (Å²) in [6.45, 7) is 3.91. The summed E-state index contributed by atoms with van der Waals surface area (Å²) in [5, 5.41) is 11.7. The third kappa shape index (κ3) is 5.18. The van der Waals surface area contributed by atoms with E-state index in [0.29, 0.717) is 25.1 Å². The summed E-state index contributed by atoms with van der Waals surface area (Å²) < 4.78 is 7.00. The second-order valence-corrected chi connectivity index (χ2v) is 8.91. The predicted molar refractivity (Wildman–Crippen MR) is 112 cm³/mol. The Hall–Kier alpha value is -1.90. The number of hydrogen-bond donors (Lipinski definition) is 1. The fraction of sp³-hybridized carbons (Fsp3) is 0.571. The van der Waals surface area contributed by atoms with Crippen LogP contribution in [0.4, 0.5) is 0 Å². The number of fused-ring (bicyclic) bond motifs is 3. The van der Waals surface area contributed by atoms with E-state index in [2.05, 4.69) is 51.0 Å². The van der Waals surface area contributed by atoms with E-state index in [1.165, 1.54) is 4.90 Å². The van der Waals surface area contributed by atoms with Gasteiger partial charge in [0.25, 0.3) is 0 Å². The Morgan fingerprint density at radius 3 is 2.97 bits per heavy atom. The van der Waals surface area contributed by atoms with E-state index >= 15 is 0 Å². The highest BCUT2D eigenvalue weighted by Crippen LogP contribution is 2.37.